The van der Waals surface area contributed by atoms with Crippen LogP contribution in [0.15, 0.2) is 47.3 Å². The van der Waals surface area contributed by atoms with Crippen LogP contribution in [0.2, 0.25) is 0 Å². The van der Waals surface area contributed by atoms with E-state index in [0.29, 0.717) is 10.0 Å². The summed E-state index contributed by atoms with van der Waals surface area (Å²) in [6.07, 6.45) is 0. The number of benzene rings is 1. The molecule has 0 saturated heterocycles. The number of carbonyl (C=O) groups is 2. The second-order valence-electron chi connectivity index (χ2n) is 6.55. The molecule has 0 spiro atoms. The number of rotatable bonds is 5. The Bertz CT molecular complexity index is 1170. The first-order valence-electron chi connectivity index (χ1n) is 8.99. The van der Waals surface area contributed by atoms with Crippen LogP contribution >= 0.6 is 12.2 Å². The van der Waals surface area contributed by atoms with Gasteiger partial charge in [-0.1, -0.05) is 42.0 Å². The number of nitrogens with one attached hydrogen (secondary N) is 2. The molecule has 1 amide bonds. The maximum Gasteiger partial charge on any atom is 0.323 e. The van der Waals surface area contributed by atoms with Crippen LogP contribution in [0.4, 0.5) is 0 Å². The van der Waals surface area contributed by atoms with Crippen molar-refractivity contribution < 1.29 is 19.4 Å². The molecule has 2 heterocycles. The molecule has 0 aliphatic rings. The van der Waals surface area contributed by atoms with E-state index in [0.717, 1.165) is 15.7 Å². The highest BCUT2D eigenvalue weighted by Gasteiger charge is 2.17. The van der Waals surface area contributed by atoms with Crippen molar-refractivity contribution in [1.82, 2.24) is 14.9 Å². The number of aromatic nitrogens is 2. The Labute approximate surface area is 178 Å². The third kappa shape index (κ3) is 5.85. The van der Waals surface area contributed by atoms with Crippen molar-refractivity contribution in [2.45, 2.75) is 20.0 Å². The van der Waals surface area contributed by atoms with E-state index in [1.54, 1.807) is 26.4 Å². The van der Waals surface area contributed by atoms with Crippen LogP contribution in [0.25, 0.3) is 11.0 Å². The predicted octanol–water partition coefficient (Wildman–Crippen LogP) is 2.64. The summed E-state index contributed by atoms with van der Waals surface area (Å²) in [5, 5.41) is 12.3. The predicted molar refractivity (Wildman–Crippen MR) is 116 cm³/mol. The van der Waals surface area contributed by atoms with Gasteiger partial charge in [-0.2, -0.15) is 0 Å². The normalized spacial score (nSPS) is 10.2. The SMILES string of the molecule is COC.Cc1ccc(CNC(=O)c2cc3ccc(=S)[nH]c3n(CC(=O)O)c2=O)cc1. The number of nitrogens with zero attached hydrogens (tertiary/aromatic N) is 1. The summed E-state index contributed by atoms with van der Waals surface area (Å²) in [6.45, 7) is 1.64. The summed E-state index contributed by atoms with van der Waals surface area (Å²) in [5.74, 6) is -1.76. The first kappa shape index (κ1) is 23.0. The third-order valence-electron chi connectivity index (χ3n) is 4.09. The van der Waals surface area contributed by atoms with Crippen LogP contribution < -0.4 is 10.9 Å². The number of carboxylic acids is 1. The molecular formula is C21H23N3O5S. The standard InChI is InChI=1S/C19H17N3O4S.C2H6O/c1-11-2-4-12(5-3-11)9-20-18(25)14-8-13-6-7-15(27)21-17(13)22(19(14)26)10-16(23)24;1-3-2/h2-8H,9-10H2,1H3,(H,20,25)(H,21,27)(H,23,24);1-2H3. The van der Waals surface area contributed by atoms with Crippen molar-refractivity contribution in [2.75, 3.05) is 14.2 Å². The van der Waals surface area contributed by atoms with Crippen molar-refractivity contribution in [3.63, 3.8) is 0 Å². The third-order valence-corrected chi connectivity index (χ3v) is 4.32. The van der Waals surface area contributed by atoms with Crippen molar-refractivity contribution in [3.05, 3.63) is 74.1 Å². The van der Waals surface area contributed by atoms with E-state index >= 15 is 0 Å². The van der Waals surface area contributed by atoms with E-state index in [2.05, 4.69) is 15.0 Å². The number of pyridine rings is 2. The van der Waals surface area contributed by atoms with Crippen molar-refractivity contribution in [3.8, 4) is 0 Å². The molecule has 2 aromatic heterocycles. The smallest absolute Gasteiger partial charge is 0.323 e. The summed E-state index contributed by atoms with van der Waals surface area (Å²) in [4.78, 5) is 39.2. The Morgan fingerprint density at radius 3 is 2.40 bits per heavy atom. The van der Waals surface area contributed by atoms with Gasteiger partial charge in [0.15, 0.2) is 0 Å². The lowest BCUT2D eigenvalue weighted by Crippen LogP contribution is -2.34. The maximum atomic E-state index is 12.7. The minimum Gasteiger partial charge on any atom is -0.480 e. The number of methoxy groups -OCH3 is 1. The van der Waals surface area contributed by atoms with Crippen LogP contribution in [0.1, 0.15) is 21.5 Å². The molecule has 0 radical (unpaired) electrons. The summed E-state index contributed by atoms with van der Waals surface area (Å²) < 4.78 is 5.62. The largest absolute Gasteiger partial charge is 0.480 e. The van der Waals surface area contributed by atoms with Gasteiger partial charge in [-0.15, -0.1) is 0 Å². The Morgan fingerprint density at radius 2 is 1.80 bits per heavy atom. The summed E-state index contributed by atoms with van der Waals surface area (Å²) >= 11 is 5.05. The van der Waals surface area contributed by atoms with E-state index in [1.165, 1.54) is 6.07 Å². The number of hydrogen-bond acceptors (Lipinski definition) is 5. The fourth-order valence-electron chi connectivity index (χ4n) is 2.71. The Balaban J connectivity index is 0.00000101. The Kier molecular flexibility index (Phi) is 8.02. The Morgan fingerprint density at radius 1 is 1.17 bits per heavy atom. The minimum absolute atomic E-state index is 0.124. The van der Waals surface area contributed by atoms with Gasteiger partial charge in [0, 0.05) is 26.2 Å². The number of hydrogen-bond donors (Lipinski definition) is 3. The molecule has 30 heavy (non-hydrogen) atoms. The van der Waals surface area contributed by atoms with Crippen LogP contribution in [-0.4, -0.2) is 40.8 Å². The van der Waals surface area contributed by atoms with E-state index in [9.17, 15) is 14.4 Å². The Hall–Kier alpha value is -3.30. The molecule has 8 nitrogen and oxygen atoms in total. The molecule has 0 saturated carbocycles. The highest BCUT2D eigenvalue weighted by molar-refractivity contribution is 7.71. The summed E-state index contributed by atoms with van der Waals surface area (Å²) in [6, 6.07) is 12.3. The first-order valence-corrected chi connectivity index (χ1v) is 9.40. The molecule has 0 fully saturated rings. The van der Waals surface area contributed by atoms with Gasteiger partial charge in [-0.05, 0) is 30.7 Å². The van der Waals surface area contributed by atoms with Crippen LogP contribution in [0.5, 0.6) is 0 Å². The lowest BCUT2D eigenvalue weighted by Gasteiger charge is -2.11. The molecule has 158 valence electrons. The molecule has 3 aromatic rings. The fraction of sp³-hybridized carbons (Fsp3) is 0.238. The number of aliphatic carboxylic acids is 1. The quantitative estimate of drug-likeness (QED) is 0.538. The lowest BCUT2D eigenvalue weighted by molar-refractivity contribution is -0.137. The number of ether oxygens (including phenoxy) is 1. The maximum absolute atomic E-state index is 12.7. The molecule has 0 bridgehead atoms. The number of carbonyl (C=O) groups excluding carboxylic acids is 1. The molecule has 3 rings (SSSR count). The second-order valence-corrected chi connectivity index (χ2v) is 6.99. The second kappa shape index (κ2) is 10.5. The molecule has 0 atom stereocenters. The van der Waals surface area contributed by atoms with E-state index in [4.69, 9.17) is 17.3 Å². The summed E-state index contributed by atoms with van der Waals surface area (Å²) in [5.41, 5.74) is 1.45. The average molecular weight is 429 g/mol. The van der Waals surface area contributed by atoms with E-state index < -0.39 is 24.0 Å². The van der Waals surface area contributed by atoms with Gasteiger partial charge in [-0.3, -0.25) is 19.0 Å². The molecule has 9 heteroatoms. The van der Waals surface area contributed by atoms with Crippen molar-refractivity contribution in [1.29, 1.82) is 0 Å². The van der Waals surface area contributed by atoms with Gasteiger partial charge in [-0.25, -0.2) is 0 Å². The zero-order chi connectivity index (χ0) is 22.3. The molecule has 0 aliphatic heterocycles. The number of aromatic amines is 1. The van der Waals surface area contributed by atoms with Crippen LogP contribution in [-0.2, 0) is 22.6 Å². The molecule has 0 unspecified atom stereocenters. The van der Waals surface area contributed by atoms with Crippen LogP contribution in [0, 0.1) is 11.6 Å². The molecule has 1 aromatic carbocycles. The number of fused-ring (bicyclic) bond motifs is 1. The molecule has 3 N–H and O–H groups in total. The summed E-state index contributed by atoms with van der Waals surface area (Å²) in [7, 11) is 3.25. The van der Waals surface area contributed by atoms with Gasteiger partial charge >= 0.3 is 5.97 Å². The minimum atomic E-state index is -1.20. The van der Waals surface area contributed by atoms with Gasteiger partial charge in [0.05, 0.1) is 0 Å². The zero-order valence-electron chi connectivity index (χ0n) is 16.9. The number of H-pyrrole nitrogens is 1. The van der Waals surface area contributed by atoms with Crippen molar-refractivity contribution in [2.24, 2.45) is 0 Å². The highest BCUT2D eigenvalue weighted by Crippen LogP contribution is 2.12. The van der Waals surface area contributed by atoms with Gasteiger partial charge in [0.1, 0.15) is 22.4 Å². The molecular weight excluding hydrogens is 406 g/mol. The topological polar surface area (TPSA) is 113 Å². The van der Waals surface area contributed by atoms with Gasteiger partial charge in [0.25, 0.3) is 11.5 Å². The number of carboxylic acid groups (broad SMARTS) is 1. The highest BCUT2D eigenvalue weighted by atomic mass is 32.1. The van der Waals surface area contributed by atoms with E-state index in [1.807, 2.05) is 31.2 Å². The van der Waals surface area contributed by atoms with E-state index in [-0.39, 0.29) is 17.8 Å². The van der Waals surface area contributed by atoms with Crippen LogP contribution in [0.3, 0.4) is 0 Å². The monoisotopic (exact) mass is 429 g/mol. The number of amides is 1. The zero-order valence-corrected chi connectivity index (χ0v) is 17.7. The average Bonchev–Trinajstić information content (AvgIpc) is 2.70. The molecule has 0 aliphatic carbocycles. The van der Waals surface area contributed by atoms with Gasteiger partial charge < -0.3 is 20.1 Å². The lowest BCUT2D eigenvalue weighted by atomic mass is 10.1. The fourth-order valence-corrected chi connectivity index (χ4v) is 2.88. The van der Waals surface area contributed by atoms with Gasteiger partial charge in [0.2, 0.25) is 0 Å². The first-order chi connectivity index (χ1) is 14.3. The number of aryl methyl sites for hydroxylation is 1. The van der Waals surface area contributed by atoms with Crippen molar-refractivity contribution >= 4 is 35.1 Å².